The zero-order valence-electron chi connectivity index (χ0n) is 17.5. The molecule has 1 aliphatic heterocycles. The van der Waals surface area contributed by atoms with E-state index in [-0.39, 0.29) is 5.91 Å². The Labute approximate surface area is 172 Å². The Hall–Kier alpha value is -2.54. The number of methoxy groups -OCH3 is 2. The van der Waals surface area contributed by atoms with Crippen molar-refractivity contribution in [3.05, 3.63) is 40.7 Å². The molecule has 7 nitrogen and oxygen atoms in total. The van der Waals surface area contributed by atoms with Gasteiger partial charge in [0.05, 0.1) is 14.2 Å². The van der Waals surface area contributed by atoms with Crippen LogP contribution in [-0.4, -0.2) is 53.9 Å². The van der Waals surface area contributed by atoms with Crippen LogP contribution in [0, 0.1) is 0 Å². The van der Waals surface area contributed by atoms with Gasteiger partial charge in [-0.25, -0.2) is 0 Å². The van der Waals surface area contributed by atoms with E-state index in [1.54, 1.807) is 14.2 Å². The molecule has 1 aromatic carbocycles. The predicted octanol–water partition coefficient (Wildman–Crippen LogP) is 2.32. The summed E-state index contributed by atoms with van der Waals surface area (Å²) in [5.74, 6) is 1.67. The Morgan fingerprint density at radius 3 is 2.52 bits per heavy atom. The normalized spacial score (nSPS) is 18.6. The molecule has 1 saturated heterocycles. The Morgan fingerprint density at radius 2 is 1.86 bits per heavy atom. The van der Waals surface area contributed by atoms with E-state index in [0.717, 1.165) is 74.4 Å². The summed E-state index contributed by atoms with van der Waals surface area (Å²) in [6.07, 6.45) is 4.99. The molecule has 156 valence electrons. The van der Waals surface area contributed by atoms with Crippen LogP contribution in [0.5, 0.6) is 11.5 Å². The third kappa shape index (κ3) is 4.10. The van der Waals surface area contributed by atoms with E-state index in [1.807, 2.05) is 34.8 Å². The van der Waals surface area contributed by atoms with Gasteiger partial charge in [-0.15, -0.1) is 0 Å². The van der Waals surface area contributed by atoms with Crippen LogP contribution in [0.3, 0.4) is 0 Å². The highest BCUT2D eigenvalue weighted by Crippen LogP contribution is 2.27. The number of hydrogen-bond acceptors (Lipinski definition) is 5. The number of rotatable bonds is 6. The van der Waals surface area contributed by atoms with Crippen molar-refractivity contribution in [1.82, 2.24) is 20.0 Å². The maximum atomic E-state index is 13.0. The van der Waals surface area contributed by atoms with Gasteiger partial charge in [-0.05, 0) is 49.8 Å². The molecule has 2 aromatic rings. The van der Waals surface area contributed by atoms with Gasteiger partial charge >= 0.3 is 0 Å². The molecule has 1 N–H and O–H groups in total. The second kappa shape index (κ2) is 8.45. The number of amides is 1. The first-order chi connectivity index (χ1) is 14.1. The molecular formula is C22H30N4O3. The third-order valence-corrected chi connectivity index (χ3v) is 6.06. The van der Waals surface area contributed by atoms with Gasteiger partial charge in [0.25, 0.3) is 5.91 Å². The topological polar surface area (TPSA) is 68.6 Å². The molecule has 7 heteroatoms. The van der Waals surface area contributed by atoms with Crippen LogP contribution in [0.15, 0.2) is 18.2 Å². The minimum atomic E-state index is 0.0949. The molecule has 29 heavy (non-hydrogen) atoms. The van der Waals surface area contributed by atoms with Crippen LogP contribution < -0.4 is 14.8 Å². The number of fused-ring (bicyclic) bond motifs is 1. The molecule has 2 aliphatic rings. The number of carbonyl (C=O) groups excluding carboxylic acids is 1. The fourth-order valence-corrected chi connectivity index (χ4v) is 4.44. The summed E-state index contributed by atoms with van der Waals surface area (Å²) >= 11 is 0. The minimum absolute atomic E-state index is 0.0949. The van der Waals surface area contributed by atoms with Gasteiger partial charge in [-0.3, -0.25) is 9.48 Å². The van der Waals surface area contributed by atoms with E-state index >= 15 is 0 Å². The van der Waals surface area contributed by atoms with Gasteiger partial charge in [-0.2, -0.15) is 5.10 Å². The average Bonchev–Trinajstić information content (AvgIpc) is 3.40. The Kier molecular flexibility index (Phi) is 5.76. The van der Waals surface area contributed by atoms with Gasteiger partial charge in [0.2, 0.25) is 0 Å². The molecule has 2 heterocycles. The minimum Gasteiger partial charge on any atom is -0.497 e. The largest absolute Gasteiger partial charge is 0.497 e. The van der Waals surface area contributed by atoms with E-state index in [1.165, 1.54) is 5.69 Å². The van der Waals surface area contributed by atoms with Gasteiger partial charge in [0, 0.05) is 50.0 Å². The zero-order chi connectivity index (χ0) is 20.4. The Bertz CT molecular complexity index is 864. The lowest BCUT2D eigenvalue weighted by molar-refractivity contribution is 0.0785. The van der Waals surface area contributed by atoms with Crippen LogP contribution in [0.2, 0.25) is 0 Å². The van der Waals surface area contributed by atoms with Crippen LogP contribution in [0.4, 0.5) is 0 Å². The van der Waals surface area contributed by atoms with Gasteiger partial charge in [0.1, 0.15) is 11.5 Å². The number of benzene rings is 1. The monoisotopic (exact) mass is 398 g/mol. The number of aryl methyl sites for hydroxylation is 1. The van der Waals surface area contributed by atoms with Crippen molar-refractivity contribution in [2.75, 3.05) is 27.3 Å². The molecule has 1 atom stereocenters. The number of aromatic nitrogens is 2. The van der Waals surface area contributed by atoms with E-state index < -0.39 is 0 Å². The van der Waals surface area contributed by atoms with Crippen molar-refractivity contribution in [2.45, 2.75) is 44.7 Å². The summed E-state index contributed by atoms with van der Waals surface area (Å²) in [5, 5.41) is 8.25. The molecule has 0 radical (unpaired) electrons. The summed E-state index contributed by atoms with van der Waals surface area (Å²) in [7, 11) is 5.28. The highest BCUT2D eigenvalue weighted by atomic mass is 16.5. The maximum absolute atomic E-state index is 13.0. The number of nitrogens with zero attached hydrogens (tertiary/aromatic N) is 3. The summed E-state index contributed by atoms with van der Waals surface area (Å²) in [6, 6.07) is 6.24. The van der Waals surface area contributed by atoms with Crippen LogP contribution in [-0.2, 0) is 26.4 Å². The molecule has 1 aliphatic carbocycles. The van der Waals surface area contributed by atoms with Crippen LogP contribution in [0.1, 0.15) is 46.6 Å². The van der Waals surface area contributed by atoms with Crippen molar-refractivity contribution in [1.29, 1.82) is 0 Å². The number of likely N-dealkylation sites (tertiary alicyclic amines) is 1. The number of carbonyl (C=O) groups is 1. The van der Waals surface area contributed by atoms with Crippen molar-refractivity contribution in [2.24, 2.45) is 7.05 Å². The van der Waals surface area contributed by atoms with Crippen LogP contribution >= 0.6 is 0 Å². The molecule has 0 bridgehead atoms. The standard InChI is InChI=1S/C22H30N4O3/c1-25-20-7-6-16(23-14-15-10-17(28-2)13-18(11-15)29-3)12-19(20)21(24-25)22(27)26-8-4-5-9-26/h10-11,13,16,23H,4-9,12,14H2,1-3H3/t16-/m0/s1. The second-order valence-corrected chi connectivity index (χ2v) is 7.94. The smallest absolute Gasteiger partial charge is 0.274 e. The molecule has 1 amide bonds. The second-order valence-electron chi connectivity index (χ2n) is 7.94. The van der Waals surface area contributed by atoms with E-state index in [2.05, 4.69) is 10.4 Å². The van der Waals surface area contributed by atoms with Crippen molar-refractivity contribution in [3.63, 3.8) is 0 Å². The van der Waals surface area contributed by atoms with Crippen molar-refractivity contribution < 1.29 is 14.3 Å². The van der Waals surface area contributed by atoms with Crippen LogP contribution in [0.25, 0.3) is 0 Å². The predicted molar refractivity (Wildman–Crippen MR) is 111 cm³/mol. The molecule has 1 aromatic heterocycles. The molecule has 0 spiro atoms. The van der Waals surface area contributed by atoms with Gasteiger partial charge in [-0.1, -0.05) is 0 Å². The highest BCUT2D eigenvalue weighted by Gasteiger charge is 2.31. The Morgan fingerprint density at radius 1 is 1.17 bits per heavy atom. The molecule has 1 fully saturated rings. The van der Waals surface area contributed by atoms with Crippen molar-refractivity contribution >= 4 is 5.91 Å². The van der Waals surface area contributed by atoms with E-state index in [0.29, 0.717) is 11.7 Å². The third-order valence-electron chi connectivity index (χ3n) is 6.06. The number of hydrogen-bond donors (Lipinski definition) is 1. The fourth-order valence-electron chi connectivity index (χ4n) is 4.44. The summed E-state index contributed by atoms with van der Waals surface area (Å²) in [4.78, 5) is 14.9. The number of ether oxygens (including phenoxy) is 2. The SMILES string of the molecule is COc1cc(CN[C@H]2CCc3c(c(C(=O)N4CCCC4)nn3C)C2)cc(OC)c1. The lowest BCUT2D eigenvalue weighted by Gasteiger charge is -2.25. The van der Waals surface area contributed by atoms with Gasteiger partial charge < -0.3 is 19.7 Å². The lowest BCUT2D eigenvalue weighted by Crippen LogP contribution is -2.35. The maximum Gasteiger partial charge on any atom is 0.274 e. The zero-order valence-corrected chi connectivity index (χ0v) is 17.5. The van der Waals surface area contributed by atoms with Gasteiger partial charge in [0.15, 0.2) is 5.69 Å². The first-order valence-corrected chi connectivity index (χ1v) is 10.4. The fraction of sp³-hybridized carbons (Fsp3) is 0.545. The average molecular weight is 399 g/mol. The quantitative estimate of drug-likeness (QED) is 0.809. The first-order valence-electron chi connectivity index (χ1n) is 10.4. The van der Waals surface area contributed by atoms with E-state index in [9.17, 15) is 4.79 Å². The first kappa shape index (κ1) is 19.8. The highest BCUT2D eigenvalue weighted by molar-refractivity contribution is 5.94. The molecule has 4 rings (SSSR count). The van der Waals surface area contributed by atoms with E-state index in [4.69, 9.17) is 9.47 Å². The molecule has 0 unspecified atom stereocenters. The van der Waals surface area contributed by atoms with Crippen molar-refractivity contribution in [3.8, 4) is 11.5 Å². The summed E-state index contributed by atoms with van der Waals surface area (Å²) < 4.78 is 12.6. The summed E-state index contributed by atoms with van der Waals surface area (Å²) in [5.41, 5.74) is 4.09. The number of nitrogens with one attached hydrogen (secondary N) is 1. The Balaban J connectivity index is 1.47. The lowest BCUT2D eigenvalue weighted by atomic mass is 9.91. The summed E-state index contributed by atoms with van der Waals surface area (Å²) in [6.45, 7) is 2.43. The molecular weight excluding hydrogens is 368 g/mol. The molecule has 0 saturated carbocycles.